The second kappa shape index (κ2) is 6.03. The molecule has 0 aliphatic carbocycles. The Kier molecular flexibility index (Phi) is 3.94. The quantitative estimate of drug-likeness (QED) is 0.801. The molecule has 0 bridgehead atoms. The standard InChI is InChI=1S/C17H13ClN2O2/c1-22-13-6-2-11(3-7-13)4-8-15-17(21)20-16-10-12(18)5-9-14(16)19-15/h2-10H,1H3,(H,20,21)/b8-4+. The molecular formula is C17H13ClN2O2. The van der Waals surface area contributed by atoms with E-state index in [1.807, 2.05) is 30.3 Å². The van der Waals surface area contributed by atoms with Crippen LogP contribution in [0.5, 0.6) is 5.75 Å². The molecule has 0 spiro atoms. The number of benzene rings is 2. The molecule has 4 nitrogen and oxygen atoms in total. The van der Waals surface area contributed by atoms with E-state index in [-0.39, 0.29) is 5.56 Å². The fourth-order valence-corrected chi connectivity index (χ4v) is 2.25. The molecule has 1 aromatic heterocycles. The smallest absolute Gasteiger partial charge is 0.274 e. The number of nitrogens with zero attached hydrogens (tertiary/aromatic N) is 1. The number of halogens is 1. The number of aromatic amines is 1. The molecule has 0 radical (unpaired) electrons. The molecule has 2 aromatic carbocycles. The lowest BCUT2D eigenvalue weighted by Gasteiger charge is -2.00. The summed E-state index contributed by atoms with van der Waals surface area (Å²) in [6.07, 6.45) is 3.52. The molecule has 3 aromatic rings. The summed E-state index contributed by atoms with van der Waals surface area (Å²) in [6, 6.07) is 12.7. The van der Waals surface area contributed by atoms with Gasteiger partial charge < -0.3 is 9.72 Å². The molecule has 110 valence electrons. The van der Waals surface area contributed by atoms with Gasteiger partial charge >= 0.3 is 0 Å². The number of H-pyrrole nitrogens is 1. The van der Waals surface area contributed by atoms with Gasteiger partial charge in [0.1, 0.15) is 11.4 Å². The zero-order chi connectivity index (χ0) is 15.5. The van der Waals surface area contributed by atoms with E-state index in [2.05, 4.69) is 9.97 Å². The molecule has 5 heteroatoms. The molecule has 0 atom stereocenters. The van der Waals surface area contributed by atoms with Crippen molar-refractivity contribution in [2.45, 2.75) is 0 Å². The Bertz CT molecular complexity index is 899. The van der Waals surface area contributed by atoms with E-state index in [1.165, 1.54) is 0 Å². The lowest BCUT2D eigenvalue weighted by molar-refractivity contribution is 0.415. The maximum Gasteiger partial charge on any atom is 0.274 e. The fraction of sp³-hybridized carbons (Fsp3) is 0.0588. The zero-order valence-electron chi connectivity index (χ0n) is 11.8. The summed E-state index contributed by atoms with van der Waals surface area (Å²) in [5.74, 6) is 0.788. The summed E-state index contributed by atoms with van der Waals surface area (Å²) in [7, 11) is 1.62. The van der Waals surface area contributed by atoms with E-state index in [9.17, 15) is 4.79 Å². The van der Waals surface area contributed by atoms with Crippen LogP contribution in [-0.2, 0) is 0 Å². The predicted octanol–water partition coefficient (Wildman–Crippen LogP) is 3.76. The van der Waals surface area contributed by atoms with Crippen molar-refractivity contribution in [1.29, 1.82) is 0 Å². The summed E-state index contributed by atoms with van der Waals surface area (Å²) in [4.78, 5) is 19.2. The average Bonchev–Trinajstić information content (AvgIpc) is 2.53. The molecular weight excluding hydrogens is 300 g/mol. The highest BCUT2D eigenvalue weighted by Crippen LogP contribution is 2.16. The minimum absolute atomic E-state index is 0.250. The number of hydrogen-bond acceptors (Lipinski definition) is 3. The van der Waals surface area contributed by atoms with Gasteiger partial charge in [-0.25, -0.2) is 4.98 Å². The van der Waals surface area contributed by atoms with Crippen LogP contribution in [0.15, 0.2) is 47.3 Å². The molecule has 1 N–H and O–H groups in total. The van der Waals surface area contributed by atoms with Crippen LogP contribution >= 0.6 is 11.6 Å². The molecule has 3 rings (SSSR count). The van der Waals surface area contributed by atoms with Crippen molar-refractivity contribution >= 4 is 34.8 Å². The maximum absolute atomic E-state index is 12.0. The van der Waals surface area contributed by atoms with Crippen molar-refractivity contribution in [3.05, 3.63) is 69.1 Å². The largest absolute Gasteiger partial charge is 0.497 e. The SMILES string of the molecule is COc1ccc(/C=C/c2nc3ccc(Cl)cc3[nH]c2=O)cc1. The Labute approximate surface area is 132 Å². The van der Waals surface area contributed by atoms with Crippen LogP contribution in [0.4, 0.5) is 0 Å². The Morgan fingerprint density at radius 1 is 1.14 bits per heavy atom. The first-order valence-electron chi connectivity index (χ1n) is 6.67. The van der Waals surface area contributed by atoms with E-state index >= 15 is 0 Å². The molecule has 0 aliphatic heterocycles. The Morgan fingerprint density at radius 2 is 1.91 bits per heavy atom. The molecule has 0 amide bonds. The van der Waals surface area contributed by atoms with Gasteiger partial charge in [-0.3, -0.25) is 4.79 Å². The van der Waals surface area contributed by atoms with Crippen molar-refractivity contribution < 1.29 is 4.74 Å². The lowest BCUT2D eigenvalue weighted by atomic mass is 10.2. The maximum atomic E-state index is 12.0. The van der Waals surface area contributed by atoms with Crippen molar-refractivity contribution in [2.24, 2.45) is 0 Å². The van der Waals surface area contributed by atoms with Crippen LogP contribution in [-0.4, -0.2) is 17.1 Å². The number of rotatable bonds is 3. The van der Waals surface area contributed by atoms with E-state index in [1.54, 1.807) is 31.4 Å². The van der Waals surface area contributed by atoms with E-state index in [0.717, 1.165) is 11.3 Å². The molecule has 22 heavy (non-hydrogen) atoms. The van der Waals surface area contributed by atoms with Crippen molar-refractivity contribution in [3.8, 4) is 5.75 Å². The summed E-state index contributed by atoms with van der Waals surface area (Å²) in [6.45, 7) is 0. The van der Waals surface area contributed by atoms with Gasteiger partial charge in [0.2, 0.25) is 0 Å². The van der Waals surface area contributed by atoms with Gasteiger partial charge in [-0.2, -0.15) is 0 Å². The highest BCUT2D eigenvalue weighted by molar-refractivity contribution is 6.31. The summed E-state index contributed by atoms with van der Waals surface area (Å²) < 4.78 is 5.11. The number of nitrogens with one attached hydrogen (secondary N) is 1. The fourth-order valence-electron chi connectivity index (χ4n) is 2.08. The van der Waals surface area contributed by atoms with Crippen LogP contribution in [0.2, 0.25) is 5.02 Å². The van der Waals surface area contributed by atoms with Crippen molar-refractivity contribution in [1.82, 2.24) is 9.97 Å². The van der Waals surface area contributed by atoms with Crippen LogP contribution in [0.25, 0.3) is 23.2 Å². The minimum atomic E-state index is -0.250. The van der Waals surface area contributed by atoms with Crippen LogP contribution in [0.3, 0.4) is 0 Å². The summed E-state index contributed by atoms with van der Waals surface area (Å²) in [5.41, 5.74) is 2.38. The molecule has 0 unspecified atom stereocenters. The third-order valence-corrected chi connectivity index (χ3v) is 3.46. The van der Waals surface area contributed by atoms with Gasteiger partial charge in [-0.05, 0) is 42.0 Å². The Morgan fingerprint density at radius 3 is 2.64 bits per heavy atom. The number of methoxy groups -OCH3 is 1. The second-order valence-electron chi connectivity index (χ2n) is 4.72. The third-order valence-electron chi connectivity index (χ3n) is 3.23. The Hall–Kier alpha value is -2.59. The van der Waals surface area contributed by atoms with Gasteiger partial charge in [0.05, 0.1) is 18.1 Å². The number of fused-ring (bicyclic) bond motifs is 1. The monoisotopic (exact) mass is 312 g/mol. The normalized spacial score (nSPS) is 11.2. The highest BCUT2D eigenvalue weighted by atomic mass is 35.5. The summed E-state index contributed by atoms with van der Waals surface area (Å²) in [5, 5.41) is 0.562. The molecule has 1 heterocycles. The van der Waals surface area contributed by atoms with Gasteiger partial charge in [0, 0.05) is 5.02 Å². The zero-order valence-corrected chi connectivity index (χ0v) is 12.6. The van der Waals surface area contributed by atoms with Crippen LogP contribution in [0.1, 0.15) is 11.3 Å². The highest BCUT2D eigenvalue weighted by Gasteiger charge is 2.02. The van der Waals surface area contributed by atoms with E-state index in [0.29, 0.717) is 21.7 Å². The minimum Gasteiger partial charge on any atom is -0.497 e. The van der Waals surface area contributed by atoms with Gasteiger partial charge in [-0.15, -0.1) is 0 Å². The third kappa shape index (κ3) is 3.02. The number of hydrogen-bond donors (Lipinski definition) is 1. The molecule has 0 fully saturated rings. The molecule has 0 saturated heterocycles. The van der Waals surface area contributed by atoms with Gasteiger partial charge in [0.15, 0.2) is 0 Å². The van der Waals surface area contributed by atoms with E-state index in [4.69, 9.17) is 16.3 Å². The van der Waals surface area contributed by atoms with Crippen LogP contribution in [0, 0.1) is 0 Å². The first-order chi connectivity index (χ1) is 10.7. The second-order valence-corrected chi connectivity index (χ2v) is 5.16. The van der Waals surface area contributed by atoms with Gasteiger partial charge in [-0.1, -0.05) is 29.8 Å². The van der Waals surface area contributed by atoms with Crippen molar-refractivity contribution in [2.75, 3.05) is 7.11 Å². The Balaban J connectivity index is 1.95. The van der Waals surface area contributed by atoms with Crippen LogP contribution < -0.4 is 10.3 Å². The summed E-state index contributed by atoms with van der Waals surface area (Å²) >= 11 is 5.90. The molecule has 0 aliphatic rings. The average molecular weight is 313 g/mol. The number of aromatic nitrogens is 2. The van der Waals surface area contributed by atoms with Gasteiger partial charge in [0.25, 0.3) is 5.56 Å². The lowest BCUT2D eigenvalue weighted by Crippen LogP contribution is -2.11. The first kappa shape index (κ1) is 14.4. The topological polar surface area (TPSA) is 55.0 Å². The first-order valence-corrected chi connectivity index (χ1v) is 7.05. The van der Waals surface area contributed by atoms with Crippen molar-refractivity contribution in [3.63, 3.8) is 0 Å². The number of ether oxygens (including phenoxy) is 1. The molecule has 0 saturated carbocycles. The predicted molar refractivity (Wildman–Crippen MR) is 89.3 cm³/mol. The van der Waals surface area contributed by atoms with E-state index < -0.39 is 0 Å².